The Labute approximate surface area is 133 Å². The van der Waals surface area contributed by atoms with Crippen LogP contribution in [0.3, 0.4) is 0 Å². The molecule has 3 aromatic rings. The number of Topliss-reactive ketones (excluding diaryl/α,β-unsaturated/α-hetero) is 1. The smallest absolute Gasteiger partial charge is 0.221 e. The molecule has 0 unspecified atom stereocenters. The zero-order valence-electron chi connectivity index (χ0n) is 12.7. The predicted octanol–water partition coefficient (Wildman–Crippen LogP) is 3.25. The van der Waals surface area contributed by atoms with Gasteiger partial charge in [-0.05, 0) is 24.3 Å². The molecule has 4 rings (SSSR count). The van der Waals surface area contributed by atoms with E-state index >= 15 is 0 Å². The van der Waals surface area contributed by atoms with Gasteiger partial charge in [-0.3, -0.25) is 9.59 Å². The highest BCUT2D eigenvalue weighted by Crippen LogP contribution is 2.34. The zero-order chi connectivity index (χ0) is 16.0. The molecule has 5 heteroatoms. The number of aryl methyl sites for hydroxylation is 1. The highest BCUT2D eigenvalue weighted by Gasteiger charge is 2.24. The third-order valence-electron chi connectivity index (χ3n) is 4.11. The van der Waals surface area contributed by atoms with Gasteiger partial charge in [0.15, 0.2) is 5.78 Å². The van der Waals surface area contributed by atoms with Crippen molar-refractivity contribution in [2.45, 2.75) is 19.9 Å². The van der Waals surface area contributed by atoms with Crippen molar-refractivity contribution < 1.29 is 9.59 Å². The van der Waals surface area contributed by atoms with Crippen molar-refractivity contribution in [1.82, 2.24) is 9.55 Å². The van der Waals surface area contributed by atoms with Crippen molar-refractivity contribution in [1.29, 1.82) is 0 Å². The summed E-state index contributed by atoms with van der Waals surface area (Å²) in [6, 6.07) is 13.2. The fourth-order valence-corrected chi connectivity index (χ4v) is 3.16. The molecular formula is C18H15N3O2. The maximum Gasteiger partial charge on any atom is 0.221 e. The molecule has 0 bridgehead atoms. The summed E-state index contributed by atoms with van der Waals surface area (Å²) >= 11 is 0. The number of para-hydroxylation sites is 2. The van der Waals surface area contributed by atoms with Gasteiger partial charge in [-0.2, -0.15) is 0 Å². The summed E-state index contributed by atoms with van der Waals surface area (Å²) < 4.78 is 2.08. The van der Waals surface area contributed by atoms with Gasteiger partial charge in [0.05, 0.1) is 16.7 Å². The van der Waals surface area contributed by atoms with Gasteiger partial charge in [0, 0.05) is 31.0 Å². The summed E-state index contributed by atoms with van der Waals surface area (Å²) in [5.41, 5.74) is 4.01. The normalized spacial score (nSPS) is 13.3. The van der Waals surface area contributed by atoms with Crippen molar-refractivity contribution in [2.75, 3.05) is 5.32 Å². The van der Waals surface area contributed by atoms with Gasteiger partial charge in [-0.25, -0.2) is 4.98 Å². The summed E-state index contributed by atoms with van der Waals surface area (Å²) in [5, 5.41) is 2.85. The molecule has 5 nitrogen and oxygen atoms in total. The number of carbonyl (C=O) groups is 2. The maximum absolute atomic E-state index is 12.1. The lowest BCUT2D eigenvalue weighted by molar-refractivity contribution is -0.114. The van der Waals surface area contributed by atoms with Crippen molar-refractivity contribution >= 4 is 28.4 Å². The van der Waals surface area contributed by atoms with E-state index < -0.39 is 0 Å². The molecule has 114 valence electrons. The Morgan fingerprint density at radius 1 is 1.13 bits per heavy atom. The first-order valence-corrected chi connectivity index (χ1v) is 7.54. The monoisotopic (exact) mass is 305 g/mol. The number of amides is 1. The quantitative estimate of drug-likeness (QED) is 0.790. The molecule has 1 aliphatic heterocycles. The predicted molar refractivity (Wildman–Crippen MR) is 88.4 cm³/mol. The van der Waals surface area contributed by atoms with Gasteiger partial charge in [-0.15, -0.1) is 0 Å². The van der Waals surface area contributed by atoms with Crippen LogP contribution in [0.5, 0.6) is 0 Å². The second kappa shape index (κ2) is 5.05. The summed E-state index contributed by atoms with van der Waals surface area (Å²) in [5.74, 6) is 0.817. The van der Waals surface area contributed by atoms with Crippen molar-refractivity contribution in [3.63, 3.8) is 0 Å². The fourth-order valence-electron chi connectivity index (χ4n) is 3.16. The molecule has 0 atom stereocenters. The van der Waals surface area contributed by atoms with E-state index in [0.29, 0.717) is 13.0 Å². The molecular weight excluding hydrogens is 290 g/mol. The second-order valence-corrected chi connectivity index (χ2v) is 5.66. The molecule has 0 spiro atoms. The second-order valence-electron chi connectivity index (χ2n) is 5.66. The van der Waals surface area contributed by atoms with E-state index in [1.165, 1.54) is 6.92 Å². The summed E-state index contributed by atoms with van der Waals surface area (Å²) in [7, 11) is 0. The van der Waals surface area contributed by atoms with Gasteiger partial charge in [0.2, 0.25) is 5.91 Å². The number of nitrogens with zero attached hydrogens (tertiary/aromatic N) is 2. The Morgan fingerprint density at radius 2 is 1.91 bits per heavy atom. The topological polar surface area (TPSA) is 64.0 Å². The van der Waals surface area contributed by atoms with Gasteiger partial charge >= 0.3 is 0 Å². The zero-order valence-corrected chi connectivity index (χ0v) is 12.7. The molecule has 1 N–H and O–H groups in total. The molecule has 0 saturated heterocycles. The minimum Gasteiger partial charge on any atom is -0.326 e. The first-order valence-electron chi connectivity index (χ1n) is 7.54. The molecule has 1 aromatic heterocycles. The third-order valence-corrected chi connectivity index (χ3v) is 4.11. The molecule has 2 aromatic carbocycles. The van der Waals surface area contributed by atoms with Crippen LogP contribution in [0, 0.1) is 0 Å². The van der Waals surface area contributed by atoms with E-state index in [9.17, 15) is 9.59 Å². The first kappa shape index (κ1) is 13.7. The van der Waals surface area contributed by atoms with E-state index in [1.807, 2.05) is 42.5 Å². The molecule has 2 heterocycles. The molecule has 0 aliphatic carbocycles. The number of nitrogens with one attached hydrogen (secondary N) is 1. The number of benzene rings is 2. The van der Waals surface area contributed by atoms with Crippen LogP contribution in [-0.2, 0) is 11.3 Å². The van der Waals surface area contributed by atoms with E-state index in [2.05, 4.69) is 9.88 Å². The number of ketones is 1. The first-order chi connectivity index (χ1) is 11.1. The molecule has 0 radical (unpaired) electrons. The van der Waals surface area contributed by atoms with Gasteiger partial charge < -0.3 is 9.88 Å². The number of imidazole rings is 1. The summed E-state index contributed by atoms with van der Waals surface area (Å²) in [6.45, 7) is 2.09. The minimum atomic E-state index is -0.122. The molecule has 0 saturated carbocycles. The lowest BCUT2D eigenvalue weighted by Crippen LogP contribution is -2.15. The number of anilines is 1. The van der Waals surface area contributed by atoms with Crippen LogP contribution in [-0.4, -0.2) is 21.2 Å². The Morgan fingerprint density at radius 3 is 2.74 bits per heavy atom. The summed E-state index contributed by atoms with van der Waals surface area (Å²) in [4.78, 5) is 28.3. The van der Waals surface area contributed by atoms with Gasteiger partial charge in [0.25, 0.3) is 0 Å². The lowest BCUT2D eigenvalue weighted by Gasteiger charge is -2.17. The molecule has 0 fully saturated rings. The van der Waals surface area contributed by atoms with Crippen LogP contribution in [0.1, 0.15) is 23.7 Å². The number of hydrogen-bond donors (Lipinski definition) is 1. The Kier molecular flexibility index (Phi) is 3.01. The third kappa shape index (κ3) is 2.12. The van der Waals surface area contributed by atoms with Gasteiger partial charge in [-0.1, -0.05) is 18.2 Å². The van der Waals surface area contributed by atoms with E-state index in [4.69, 9.17) is 4.98 Å². The standard InChI is InChI=1S/C18H15N3O2/c1-11(22)19-14-7-3-2-5-12(14)18-20-15-8-4-6-13-16(23)9-10-21(18)17(13)15/h2-8H,9-10H2,1H3,(H,19,22). The van der Waals surface area contributed by atoms with Crippen LogP contribution in [0.2, 0.25) is 0 Å². The number of hydrogen-bond acceptors (Lipinski definition) is 3. The maximum atomic E-state index is 12.1. The highest BCUT2D eigenvalue weighted by molar-refractivity contribution is 6.08. The minimum absolute atomic E-state index is 0.122. The Bertz CT molecular complexity index is 956. The molecule has 23 heavy (non-hydrogen) atoms. The van der Waals surface area contributed by atoms with Crippen molar-refractivity contribution in [3.8, 4) is 11.4 Å². The summed E-state index contributed by atoms with van der Waals surface area (Å²) in [6.07, 6.45) is 0.470. The average Bonchev–Trinajstić information content (AvgIpc) is 2.91. The van der Waals surface area contributed by atoms with Crippen molar-refractivity contribution in [3.05, 3.63) is 48.0 Å². The van der Waals surface area contributed by atoms with Crippen LogP contribution < -0.4 is 5.32 Å². The average molecular weight is 305 g/mol. The fraction of sp³-hybridized carbons (Fsp3) is 0.167. The molecule has 1 aliphatic rings. The highest BCUT2D eigenvalue weighted by atomic mass is 16.1. The van der Waals surface area contributed by atoms with E-state index in [-0.39, 0.29) is 11.7 Å². The van der Waals surface area contributed by atoms with Crippen LogP contribution in [0.4, 0.5) is 5.69 Å². The van der Waals surface area contributed by atoms with Crippen LogP contribution in [0.25, 0.3) is 22.4 Å². The van der Waals surface area contributed by atoms with E-state index in [0.717, 1.165) is 33.7 Å². The van der Waals surface area contributed by atoms with Crippen LogP contribution in [0.15, 0.2) is 42.5 Å². The molecule has 1 amide bonds. The number of aromatic nitrogens is 2. The van der Waals surface area contributed by atoms with Crippen LogP contribution >= 0.6 is 0 Å². The Balaban J connectivity index is 1.99. The Hall–Kier alpha value is -2.95. The largest absolute Gasteiger partial charge is 0.326 e. The number of rotatable bonds is 2. The van der Waals surface area contributed by atoms with Crippen molar-refractivity contribution in [2.24, 2.45) is 0 Å². The lowest BCUT2D eigenvalue weighted by atomic mass is 10.0. The number of carbonyl (C=O) groups excluding carboxylic acids is 2. The van der Waals surface area contributed by atoms with Gasteiger partial charge in [0.1, 0.15) is 5.82 Å². The SMILES string of the molecule is CC(=O)Nc1ccccc1-c1nc2cccc3c2n1CCC3=O. The van der Waals surface area contributed by atoms with E-state index in [1.54, 1.807) is 0 Å².